The average Bonchev–Trinajstić information content (AvgIpc) is 2.63. The van der Waals surface area contributed by atoms with Gasteiger partial charge in [0.2, 0.25) is 0 Å². The molecule has 92 valence electrons. The molecular formula is C12H15ClN2O2. The van der Waals surface area contributed by atoms with Crippen molar-refractivity contribution < 1.29 is 4.92 Å². The first kappa shape index (κ1) is 12.2. The Bertz CT molecular complexity index is 437. The summed E-state index contributed by atoms with van der Waals surface area (Å²) in [5.74, 6) is 0.751. The van der Waals surface area contributed by atoms with Gasteiger partial charge in [-0.2, -0.15) is 0 Å². The summed E-state index contributed by atoms with van der Waals surface area (Å²) in [6.07, 6.45) is 3.53. The molecular weight excluding hydrogens is 240 g/mol. The number of halogens is 1. The lowest BCUT2D eigenvalue weighted by molar-refractivity contribution is -0.384. The zero-order chi connectivity index (χ0) is 12.4. The summed E-state index contributed by atoms with van der Waals surface area (Å²) in [4.78, 5) is 10.2. The van der Waals surface area contributed by atoms with Gasteiger partial charge in [0.25, 0.3) is 5.69 Å². The third kappa shape index (κ3) is 2.88. The summed E-state index contributed by atoms with van der Waals surface area (Å²) >= 11 is 5.86. The van der Waals surface area contributed by atoms with Crippen molar-refractivity contribution in [2.24, 2.45) is 5.92 Å². The van der Waals surface area contributed by atoms with Gasteiger partial charge < -0.3 is 5.32 Å². The number of rotatable bonds is 3. The fraction of sp³-hybridized carbons (Fsp3) is 0.500. The van der Waals surface area contributed by atoms with Crippen LogP contribution in [0.1, 0.15) is 26.2 Å². The summed E-state index contributed by atoms with van der Waals surface area (Å²) < 4.78 is 0. The molecule has 2 atom stereocenters. The van der Waals surface area contributed by atoms with Gasteiger partial charge in [-0.3, -0.25) is 10.1 Å². The molecule has 5 heteroatoms. The van der Waals surface area contributed by atoms with Crippen molar-refractivity contribution >= 4 is 23.0 Å². The Morgan fingerprint density at radius 3 is 2.76 bits per heavy atom. The van der Waals surface area contributed by atoms with E-state index in [9.17, 15) is 10.1 Å². The van der Waals surface area contributed by atoms with Crippen LogP contribution >= 0.6 is 11.6 Å². The Morgan fingerprint density at radius 1 is 1.47 bits per heavy atom. The minimum Gasteiger partial charge on any atom is -0.382 e. The van der Waals surface area contributed by atoms with Crippen LogP contribution in [0.15, 0.2) is 18.2 Å². The largest absolute Gasteiger partial charge is 0.382 e. The molecule has 0 aliphatic heterocycles. The molecule has 1 aliphatic carbocycles. The molecule has 2 rings (SSSR count). The molecule has 2 unspecified atom stereocenters. The maximum absolute atomic E-state index is 10.6. The van der Waals surface area contributed by atoms with Crippen LogP contribution in [0.25, 0.3) is 0 Å². The molecule has 1 aliphatic rings. The molecule has 4 nitrogen and oxygen atoms in total. The predicted molar refractivity (Wildman–Crippen MR) is 68.5 cm³/mol. The number of hydrogen-bond donors (Lipinski definition) is 1. The van der Waals surface area contributed by atoms with Crippen LogP contribution in [0.3, 0.4) is 0 Å². The Kier molecular flexibility index (Phi) is 3.52. The van der Waals surface area contributed by atoms with Gasteiger partial charge in [-0.15, -0.1) is 0 Å². The summed E-state index contributed by atoms with van der Waals surface area (Å²) in [6.45, 7) is 2.24. The predicted octanol–water partition coefficient (Wildman–Crippen LogP) is 3.85. The standard InChI is InChI=1S/C12H15ClN2O2/c1-8-2-3-9(6-8)14-10-4-5-12(15(16)17)11(13)7-10/h4-5,7-9,14H,2-3,6H2,1H3. The van der Waals surface area contributed by atoms with Gasteiger partial charge in [0, 0.05) is 17.8 Å². The monoisotopic (exact) mass is 254 g/mol. The SMILES string of the molecule is CC1CCC(Nc2ccc([N+](=O)[O-])c(Cl)c2)C1. The van der Waals surface area contributed by atoms with Crippen molar-refractivity contribution in [3.63, 3.8) is 0 Å². The molecule has 17 heavy (non-hydrogen) atoms. The molecule has 0 spiro atoms. The number of nitrogens with one attached hydrogen (secondary N) is 1. The third-order valence-corrected chi connectivity index (χ3v) is 3.51. The van der Waals surface area contributed by atoms with Crippen LogP contribution in [0, 0.1) is 16.0 Å². The lowest BCUT2D eigenvalue weighted by atomic mass is 10.1. The highest BCUT2D eigenvalue weighted by molar-refractivity contribution is 6.32. The van der Waals surface area contributed by atoms with E-state index in [2.05, 4.69) is 12.2 Å². The fourth-order valence-corrected chi connectivity index (χ4v) is 2.57. The lowest BCUT2D eigenvalue weighted by Gasteiger charge is -2.14. The fourth-order valence-electron chi connectivity index (χ4n) is 2.32. The van der Waals surface area contributed by atoms with Crippen LogP contribution in [0.5, 0.6) is 0 Å². The first-order valence-corrected chi connectivity index (χ1v) is 6.14. The van der Waals surface area contributed by atoms with Crippen LogP contribution in [-0.2, 0) is 0 Å². The molecule has 1 fully saturated rings. The second-order valence-corrected chi connectivity index (χ2v) is 5.09. The molecule has 1 aromatic rings. The molecule has 0 amide bonds. The minimum absolute atomic E-state index is 0.0444. The van der Waals surface area contributed by atoms with Crippen molar-refractivity contribution in [2.75, 3.05) is 5.32 Å². The van der Waals surface area contributed by atoms with Crippen molar-refractivity contribution in [2.45, 2.75) is 32.2 Å². The summed E-state index contributed by atoms with van der Waals surface area (Å²) in [6, 6.07) is 5.25. The smallest absolute Gasteiger partial charge is 0.288 e. The van der Waals surface area contributed by atoms with Crippen LogP contribution in [0.2, 0.25) is 5.02 Å². The second-order valence-electron chi connectivity index (χ2n) is 4.68. The Morgan fingerprint density at radius 2 is 2.24 bits per heavy atom. The average molecular weight is 255 g/mol. The van der Waals surface area contributed by atoms with Gasteiger partial charge in [0.05, 0.1) is 4.92 Å². The Labute approximate surface area is 105 Å². The maximum atomic E-state index is 10.6. The second kappa shape index (κ2) is 4.92. The molecule has 1 saturated carbocycles. The van der Waals surface area contributed by atoms with Gasteiger partial charge in [0.1, 0.15) is 5.02 Å². The van der Waals surface area contributed by atoms with Crippen LogP contribution in [-0.4, -0.2) is 11.0 Å². The Balaban J connectivity index is 2.07. The van der Waals surface area contributed by atoms with E-state index in [4.69, 9.17) is 11.6 Å². The lowest BCUT2D eigenvalue weighted by Crippen LogP contribution is -2.15. The van der Waals surface area contributed by atoms with E-state index in [-0.39, 0.29) is 10.7 Å². The number of nitrogens with zero attached hydrogens (tertiary/aromatic N) is 1. The van der Waals surface area contributed by atoms with Crippen molar-refractivity contribution in [3.05, 3.63) is 33.3 Å². The van der Waals surface area contributed by atoms with E-state index < -0.39 is 4.92 Å². The van der Waals surface area contributed by atoms with E-state index >= 15 is 0 Å². The van der Waals surface area contributed by atoms with E-state index in [1.807, 2.05) is 0 Å². The summed E-state index contributed by atoms with van der Waals surface area (Å²) in [5, 5.41) is 14.2. The molecule has 1 aromatic carbocycles. The number of hydrogen-bond acceptors (Lipinski definition) is 3. The van der Waals surface area contributed by atoms with E-state index in [0.717, 1.165) is 24.4 Å². The highest BCUT2D eigenvalue weighted by Crippen LogP contribution is 2.31. The molecule has 1 N–H and O–H groups in total. The molecule has 0 bridgehead atoms. The van der Waals surface area contributed by atoms with Gasteiger partial charge in [0.15, 0.2) is 0 Å². The first-order valence-electron chi connectivity index (χ1n) is 5.76. The van der Waals surface area contributed by atoms with Gasteiger partial charge in [-0.1, -0.05) is 18.5 Å². The first-order chi connectivity index (χ1) is 8.06. The number of nitro groups is 1. The normalized spacial score (nSPS) is 23.6. The van der Waals surface area contributed by atoms with E-state index in [0.29, 0.717) is 6.04 Å². The minimum atomic E-state index is -0.468. The third-order valence-electron chi connectivity index (χ3n) is 3.21. The molecule has 0 saturated heterocycles. The molecule has 0 aromatic heterocycles. The van der Waals surface area contributed by atoms with E-state index in [1.54, 1.807) is 12.1 Å². The quantitative estimate of drug-likeness (QED) is 0.658. The highest BCUT2D eigenvalue weighted by atomic mass is 35.5. The zero-order valence-corrected chi connectivity index (χ0v) is 10.4. The van der Waals surface area contributed by atoms with Gasteiger partial charge >= 0.3 is 0 Å². The van der Waals surface area contributed by atoms with Crippen LogP contribution < -0.4 is 5.32 Å². The maximum Gasteiger partial charge on any atom is 0.288 e. The van der Waals surface area contributed by atoms with Gasteiger partial charge in [-0.05, 0) is 37.3 Å². The zero-order valence-electron chi connectivity index (χ0n) is 9.65. The number of anilines is 1. The van der Waals surface area contributed by atoms with Crippen molar-refractivity contribution in [1.29, 1.82) is 0 Å². The van der Waals surface area contributed by atoms with Crippen molar-refractivity contribution in [3.8, 4) is 0 Å². The molecule has 0 heterocycles. The van der Waals surface area contributed by atoms with Crippen molar-refractivity contribution in [1.82, 2.24) is 0 Å². The summed E-state index contributed by atoms with van der Waals surface area (Å²) in [5.41, 5.74) is 0.816. The summed E-state index contributed by atoms with van der Waals surface area (Å²) in [7, 11) is 0. The van der Waals surface area contributed by atoms with E-state index in [1.165, 1.54) is 12.5 Å². The Hall–Kier alpha value is -1.29. The number of nitro benzene ring substituents is 1. The van der Waals surface area contributed by atoms with Crippen LogP contribution in [0.4, 0.5) is 11.4 Å². The van der Waals surface area contributed by atoms with Gasteiger partial charge in [-0.25, -0.2) is 0 Å². The number of benzene rings is 1. The molecule has 0 radical (unpaired) electrons. The topological polar surface area (TPSA) is 55.2 Å². The highest BCUT2D eigenvalue weighted by Gasteiger charge is 2.21.